The third kappa shape index (κ3) is 2.17. The molecule has 2 aliphatic rings. The molecule has 0 spiro atoms. The van der Waals surface area contributed by atoms with Gasteiger partial charge in [-0.3, -0.25) is 0 Å². The summed E-state index contributed by atoms with van der Waals surface area (Å²) in [5.74, 6) is 0.494. The number of hydrogen-bond donors (Lipinski definition) is 1. The van der Waals surface area contributed by atoms with E-state index in [2.05, 4.69) is 5.32 Å². The van der Waals surface area contributed by atoms with Crippen molar-refractivity contribution < 1.29 is 17.2 Å². The van der Waals surface area contributed by atoms with E-state index in [1.165, 1.54) is 18.3 Å². The number of aromatic nitrogens is 1. The van der Waals surface area contributed by atoms with Crippen molar-refractivity contribution in [2.45, 2.75) is 36.2 Å². The van der Waals surface area contributed by atoms with E-state index in [4.69, 9.17) is 4.42 Å². The van der Waals surface area contributed by atoms with E-state index in [9.17, 15) is 12.8 Å². The van der Waals surface area contributed by atoms with E-state index >= 15 is 0 Å². The molecule has 7 heteroatoms. The topological polar surface area (TPSA) is 64.2 Å². The van der Waals surface area contributed by atoms with Crippen LogP contribution in [0.4, 0.5) is 4.39 Å². The van der Waals surface area contributed by atoms with Gasteiger partial charge in [0.25, 0.3) is 10.0 Å². The zero-order chi connectivity index (χ0) is 19.0. The Morgan fingerprint density at radius 2 is 2.00 bits per heavy atom. The molecule has 0 saturated carbocycles. The van der Waals surface area contributed by atoms with Crippen LogP contribution >= 0.6 is 0 Å². The summed E-state index contributed by atoms with van der Waals surface area (Å²) >= 11 is 0. The first-order chi connectivity index (χ1) is 13.5. The first-order valence-corrected chi connectivity index (χ1v) is 10.8. The van der Waals surface area contributed by atoms with E-state index in [0.717, 1.165) is 39.9 Å². The summed E-state index contributed by atoms with van der Waals surface area (Å²) in [4.78, 5) is 0.172. The van der Waals surface area contributed by atoms with Crippen LogP contribution in [-0.4, -0.2) is 18.4 Å². The molecule has 6 rings (SSSR count). The van der Waals surface area contributed by atoms with Gasteiger partial charge in [-0.05, 0) is 55.3 Å². The molecule has 1 N–H and O–H groups in total. The highest BCUT2D eigenvalue weighted by Gasteiger charge is 2.36. The summed E-state index contributed by atoms with van der Waals surface area (Å²) < 4.78 is 47.5. The highest BCUT2D eigenvalue weighted by molar-refractivity contribution is 7.90. The number of benzene rings is 2. The van der Waals surface area contributed by atoms with Gasteiger partial charge >= 0.3 is 0 Å². The van der Waals surface area contributed by atoms with E-state index in [-0.39, 0.29) is 10.9 Å². The summed E-state index contributed by atoms with van der Waals surface area (Å²) in [5.41, 5.74) is 2.13. The van der Waals surface area contributed by atoms with Crippen LogP contribution in [0.5, 0.6) is 0 Å². The van der Waals surface area contributed by atoms with Gasteiger partial charge in [0.05, 0.1) is 10.4 Å². The predicted molar refractivity (Wildman–Crippen MR) is 103 cm³/mol. The molecule has 2 aromatic carbocycles. The van der Waals surface area contributed by atoms with Gasteiger partial charge in [-0.25, -0.2) is 16.8 Å². The van der Waals surface area contributed by atoms with Gasteiger partial charge in [0.15, 0.2) is 0 Å². The van der Waals surface area contributed by atoms with Crippen LogP contribution in [0.15, 0.2) is 58.0 Å². The smallest absolute Gasteiger partial charge is 0.268 e. The molecule has 2 bridgehead atoms. The van der Waals surface area contributed by atoms with Crippen LogP contribution in [-0.2, 0) is 16.4 Å². The summed E-state index contributed by atoms with van der Waals surface area (Å²) in [6, 6.07) is 11.5. The molecule has 2 aliphatic heterocycles. The van der Waals surface area contributed by atoms with Crippen LogP contribution in [0.25, 0.3) is 21.9 Å². The average molecular weight is 396 g/mol. The second kappa shape index (κ2) is 5.46. The lowest BCUT2D eigenvalue weighted by Gasteiger charge is -2.20. The predicted octanol–water partition coefficient (Wildman–Crippen LogP) is 4.11. The van der Waals surface area contributed by atoms with Crippen LogP contribution in [0.2, 0.25) is 0 Å². The molecule has 0 amide bonds. The lowest BCUT2D eigenvalue weighted by molar-refractivity contribution is 0.441. The molecule has 2 atom stereocenters. The number of halogens is 1. The van der Waals surface area contributed by atoms with Gasteiger partial charge in [0.1, 0.15) is 17.2 Å². The summed E-state index contributed by atoms with van der Waals surface area (Å²) in [5, 5.41) is 5.10. The first kappa shape index (κ1) is 16.3. The van der Waals surface area contributed by atoms with Crippen molar-refractivity contribution >= 4 is 31.9 Å². The second-order valence-electron chi connectivity index (χ2n) is 7.61. The Kier molecular flexibility index (Phi) is 3.18. The summed E-state index contributed by atoms with van der Waals surface area (Å²) in [6.07, 6.45) is 4.45. The van der Waals surface area contributed by atoms with Crippen LogP contribution in [0.1, 0.15) is 30.2 Å². The average Bonchev–Trinajstić information content (AvgIpc) is 3.36. The van der Waals surface area contributed by atoms with Gasteiger partial charge in [-0.2, -0.15) is 0 Å². The van der Waals surface area contributed by atoms with Crippen molar-refractivity contribution in [1.29, 1.82) is 0 Å². The van der Waals surface area contributed by atoms with Crippen molar-refractivity contribution in [3.05, 3.63) is 65.8 Å². The highest BCUT2D eigenvalue weighted by Crippen LogP contribution is 2.42. The van der Waals surface area contributed by atoms with Crippen LogP contribution in [0.3, 0.4) is 0 Å². The van der Waals surface area contributed by atoms with Crippen molar-refractivity contribution in [2.24, 2.45) is 0 Å². The fraction of sp³-hybridized carbons (Fsp3) is 0.238. The quantitative estimate of drug-likeness (QED) is 0.554. The molecule has 142 valence electrons. The molecule has 28 heavy (non-hydrogen) atoms. The first-order valence-electron chi connectivity index (χ1n) is 9.34. The number of nitrogens with one attached hydrogen (secondary N) is 1. The van der Waals surface area contributed by atoms with Gasteiger partial charge in [-0.1, -0.05) is 0 Å². The molecular formula is C21H17FN2O3S. The van der Waals surface area contributed by atoms with Gasteiger partial charge in [0.2, 0.25) is 0 Å². The lowest BCUT2D eigenvalue weighted by atomic mass is 9.99. The summed E-state index contributed by atoms with van der Waals surface area (Å²) in [7, 11) is -3.86. The molecule has 4 aromatic rings. The molecule has 2 aromatic heterocycles. The summed E-state index contributed by atoms with van der Waals surface area (Å²) in [6.45, 7) is 0. The maximum Gasteiger partial charge on any atom is 0.268 e. The third-order valence-corrected chi connectivity index (χ3v) is 7.66. The molecule has 2 unspecified atom stereocenters. The zero-order valence-electron chi connectivity index (χ0n) is 14.9. The third-order valence-electron chi connectivity index (χ3n) is 5.97. The molecule has 5 nitrogen and oxygen atoms in total. The second-order valence-corrected chi connectivity index (χ2v) is 9.43. The number of fused-ring (bicyclic) bond motifs is 7. The van der Waals surface area contributed by atoms with E-state index in [0.29, 0.717) is 22.5 Å². The van der Waals surface area contributed by atoms with Crippen molar-refractivity contribution in [1.82, 2.24) is 9.29 Å². The molecule has 0 aliphatic carbocycles. The number of rotatable bonds is 2. The number of hydrogen-bond acceptors (Lipinski definition) is 4. The Bertz CT molecular complexity index is 1370. The highest BCUT2D eigenvalue weighted by atomic mass is 32.2. The normalized spacial score (nSPS) is 21.5. The maximum atomic E-state index is 13.7. The number of furan rings is 1. The molecule has 1 fully saturated rings. The van der Waals surface area contributed by atoms with Crippen molar-refractivity contribution in [3.8, 4) is 0 Å². The SMILES string of the molecule is O=S(=O)(c1ccc2oc3c(c2c1)C1CCC(C3)N1)n1ccc2ccc(F)cc21. The molecular weight excluding hydrogens is 379 g/mol. The van der Waals surface area contributed by atoms with Crippen LogP contribution in [0, 0.1) is 5.82 Å². The van der Waals surface area contributed by atoms with Gasteiger partial charge in [0, 0.05) is 41.0 Å². The van der Waals surface area contributed by atoms with Crippen LogP contribution < -0.4 is 5.32 Å². The van der Waals surface area contributed by atoms with Gasteiger partial charge < -0.3 is 9.73 Å². The minimum Gasteiger partial charge on any atom is -0.461 e. The van der Waals surface area contributed by atoms with Gasteiger partial charge in [-0.15, -0.1) is 0 Å². The Morgan fingerprint density at radius 3 is 2.89 bits per heavy atom. The largest absolute Gasteiger partial charge is 0.461 e. The molecule has 4 heterocycles. The van der Waals surface area contributed by atoms with E-state index < -0.39 is 15.8 Å². The maximum absolute atomic E-state index is 13.7. The minimum atomic E-state index is -3.86. The Labute approximate surface area is 160 Å². The zero-order valence-corrected chi connectivity index (χ0v) is 15.7. The Hall–Kier alpha value is -2.64. The molecule has 1 saturated heterocycles. The van der Waals surface area contributed by atoms with E-state index in [1.807, 2.05) is 0 Å². The minimum absolute atomic E-state index is 0.172. The number of nitrogens with zero attached hydrogens (tertiary/aromatic N) is 1. The lowest BCUT2D eigenvalue weighted by Crippen LogP contribution is -2.30. The fourth-order valence-electron chi connectivity index (χ4n) is 4.67. The Morgan fingerprint density at radius 1 is 1.11 bits per heavy atom. The fourth-order valence-corrected chi connectivity index (χ4v) is 6.04. The van der Waals surface area contributed by atoms with Crippen molar-refractivity contribution in [3.63, 3.8) is 0 Å². The van der Waals surface area contributed by atoms with Crippen molar-refractivity contribution in [2.75, 3.05) is 0 Å². The van der Waals surface area contributed by atoms with E-state index in [1.54, 1.807) is 30.3 Å². The standard InChI is InChI=1S/C21H17FN2O3S/c22-13-2-1-12-7-8-24(18(12)9-13)28(25,26)15-4-6-19-16(11-15)21-17-5-3-14(23-17)10-20(21)27-19/h1-2,4,6-9,11,14,17,23H,3,5,10H2. The Balaban J connectivity index is 1.55. The monoisotopic (exact) mass is 396 g/mol. The molecule has 0 radical (unpaired) electrons.